The molecule has 1 amide bonds. The van der Waals surface area contributed by atoms with Crippen LogP contribution in [0, 0.1) is 0 Å². The minimum Gasteiger partial charge on any atom is -0.361 e. The lowest BCUT2D eigenvalue weighted by molar-refractivity contribution is 0.0953. The van der Waals surface area contributed by atoms with Crippen molar-refractivity contribution in [3.63, 3.8) is 0 Å². The standard InChI is InChI=1S/C21H18ClN5O/c22-17-6-2-4-8-19(17)27-21-25-12-15(13-26-21)20(28)23-10-9-14-11-24-18-7-3-1-5-16(14)18/h1-8,11-13,24H,9-10H2,(H,23,28)(H,25,26,27). The summed E-state index contributed by atoms with van der Waals surface area (Å²) in [7, 11) is 0. The van der Waals surface area contributed by atoms with Gasteiger partial charge < -0.3 is 15.6 Å². The number of halogens is 1. The van der Waals surface area contributed by atoms with Crippen LogP contribution < -0.4 is 10.6 Å². The lowest BCUT2D eigenvalue weighted by Crippen LogP contribution is -2.26. The topological polar surface area (TPSA) is 82.7 Å². The van der Waals surface area contributed by atoms with Gasteiger partial charge in [0.2, 0.25) is 5.95 Å². The number of hydrogen-bond donors (Lipinski definition) is 3. The van der Waals surface area contributed by atoms with Crippen LogP contribution in [-0.4, -0.2) is 27.4 Å². The Balaban J connectivity index is 1.34. The Morgan fingerprint density at radius 1 is 1.04 bits per heavy atom. The van der Waals surface area contributed by atoms with Crippen LogP contribution in [0.3, 0.4) is 0 Å². The Kier molecular flexibility index (Phi) is 5.21. The van der Waals surface area contributed by atoms with Gasteiger partial charge in [-0.2, -0.15) is 0 Å². The number of carbonyl (C=O) groups excluding carboxylic acids is 1. The number of fused-ring (bicyclic) bond motifs is 1. The van der Waals surface area contributed by atoms with E-state index in [0.29, 0.717) is 28.8 Å². The highest BCUT2D eigenvalue weighted by atomic mass is 35.5. The predicted octanol–water partition coefficient (Wildman–Crippen LogP) is 4.33. The number of para-hydroxylation sites is 2. The summed E-state index contributed by atoms with van der Waals surface area (Å²) in [6.07, 6.45) is 5.71. The molecule has 0 bridgehead atoms. The molecule has 140 valence electrons. The van der Waals surface area contributed by atoms with Crippen molar-refractivity contribution in [1.29, 1.82) is 0 Å². The molecule has 3 N–H and O–H groups in total. The molecule has 0 unspecified atom stereocenters. The van der Waals surface area contributed by atoms with E-state index in [2.05, 4.69) is 31.7 Å². The van der Waals surface area contributed by atoms with E-state index < -0.39 is 0 Å². The molecule has 0 spiro atoms. The van der Waals surface area contributed by atoms with E-state index in [-0.39, 0.29) is 5.91 Å². The molecule has 2 aromatic carbocycles. The van der Waals surface area contributed by atoms with Gasteiger partial charge >= 0.3 is 0 Å². The zero-order valence-electron chi connectivity index (χ0n) is 14.9. The van der Waals surface area contributed by atoms with E-state index in [4.69, 9.17) is 11.6 Å². The third kappa shape index (κ3) is 3.97. The summed E-state index contributed by atoms with van der Waals surface area (Å²) in [5.74, 6) is 0.174. The number of hydrogen-bond acceptors (Lipinski definition) is 4. The average Bonchev–Trinajstić information content (AvgIpc) is 3.13. The van der Waals surface area contributed by atoms with Crippen molar-refractivity contribution in [2.75, 3.05) is 11.9 Å². The smallest absolute Gasteiger partial charge is 0.254 e. The van der Waals surface area contributed by atoms with Crippen LogP contribution in [0.1, 0.15) is 15.9 Å². The lowest BCUT2D eigenvalue weighted by Gasteiger charge is -2.07. The van der Waals surface area contributed by atoms with Gasteiger partial charge in [0.1, 0.15) is 0 Å². The maximum absolute atomic E-state index is 12.3. The molecule has 2 aromatic heterocycles. The molecular formula is C21H18ClN5O. The molecule has 0 saturated carbocycles. The zero-order chi connectivity index (χ0) is 19.3. The summed E-state index contributed by atoms with van der Waals surface area (Å²) in [6, 6.07) is 15.4. The van der Waals surface area contributed by atoms with Crippen molar-refractivity contribution in [1.82, 2.24) is 20.3 Å². The second-order valence-corrected chi connectivity index (χ2v) is 6.67. The van der Waals surface area contributed by atoms with E-state index in [1.54, 1.807) is 6.07 Å². The first kappa shape index (κ1) is 18.0. The number of amides is 1. The van der Waals surface area contributed by atoms with Crippen LogP contribution in [0.25, 0.3) is 10.9 Å². The number of benzene rings is 2. The number of rotatable bonds is 6. The zero-order valence-corrected chi connectivity index (χ0v) is 15.7. The van der Waals surface area contributed by atoms with Gasteiger partial charge in [-0.05, 0) is 30.2 Å². The van der Waals surface area contributed by atoms with Gasteiger partial charge in [0.25, 0.3) is 5.91 Å². The van der Waals surface area contributed by atoms with E-state index in [9.17, 15) is 4.79 Å². The van der Waals surface area contributed by atoms with Crippen molar-refractivity contribution in [3.05, 3.63) is 83.3 Å². The first-order chi connectivity index (χ1) is 13.7. The fourth-order valence-corrected chi connectivity index (χ4v) is 3.13. The third-order valence-electron chi connectivity index (χ3n) is 4.39. The molecule has 0 aliphatic heterocycles. The molecule has 28 heavy (non-hydrogen) atoms. The van der Waals surface area contributed by atoms with E-state index in [1.165, 1.54) is 23.3 Å². The first-order valence-corrected chi connectivity index (χ1v) is 9.25. The summed E-state index contributed by atoms with van der Waals surface area (Å²) < 4.78 is 0. The number of carbonyl (C=O) groups is 1. The fraction of sp³-hybridized carbons (Fsp3) is 0.0952. The van der Waals surface area contributed by atoms with Crippen molar-refractivity contribution in [2.45, 2.75) is 6.42 Å². The van der Waals surface area contributed by atoms with Crippen LogP contribution in [0.4, 0.5) is 11.6 Å². The Bertz CT molecular complexity index is 1110. The maximum Gasteiger partial charge on any atom is 0.254 e. The highest BCUT2D eigenvalue weighted by molar-refractivity contribution is 6.33. The summed E-state index contributed by atoms with van der Waals surface area (Å²) in [6.45, 7) is 0.528. The quantitative estimate of drug-likeness (QED) is 0.457. The van der Waals surface area contributed by atoms with Crippen LogP contribution in [0.5, 0.6) is 0 Å². The monoisotopic (exact) mass is 391 g/mol. The molecule has 6 nitrogen and oxygen atoms in total. The molecule has 0 aliphatic rings. The van der Waals surface area contributed by atoms with E-state index >= 15 is 0 Å². The molecule has 7 heteroatoms. The van der Waals surface area contributed by atoms with E-state index in [0.717, 1.165) is 11.9 Å². The highest BCUT2D eigenvalue weighted by Crippen LogP contribution is 2.23. The molecule has 0 radical (unpaired) electrons. The number of nitrogens with zero attached hydrogens (tertiary/aromatic N) is 2. The molecular weight excluding hydrogens is 374 g/mol. The summed E-state index contributed by atoms with van der Waals surface area (Å²) in [4.78, 5) is 23.9. The Morgan fingerprint density at radius 2 is 1.79 bits per heavy atom. The Hall–Kier alpha value is -3.38. The second kappa shape index (κ2) is 8.10. The molecule has 4 rings (SSSR count). The highest BCUT2D eigenvalue weighted by Gasteiger charge is 2.09. The van der Waals surface area contributed by atoms with Gasteiger partial charge in [0.05, 0.1) is 16.3 Å². The van der Waals surface area contributed by atoms with Crippen LogP contribution in [-0.2, 0) is 6.42 Å². The van der Waals surface area contributed by atoms with Crippen molar-refractivity contribution in [3.8, 4) is 0 Å². The van der Waals surface area contributed by atoms with Gasteiger partial charge in [-0.15, -0.1) is 0 Å². The van der Waals surface area contributed by atoms with Crippen molar-refractivity contribution >= 4 is 40.0 Å². The van der Waals surface area contributed by atoms with Gasteiger partial charge in [-0.3, -0.25) is 4.79 Å². The molecule has 2 heterocycles. The summed E-state index contributed by atoms with van der Waals surface area (Å²) in [5, 5.41) is 7.68. The van der Waals surface area contributed by atoms with Crippen LogP contribution >= 0.6 is 11.6 Å². The number of H-pyrrole nitrogens is 1. The van der Waals surface area contributed by atoms with Crippen molar-refractivity contribution < 1.29 is 4.79 Å². The molecule has 4 aromatic rings. The average molecular weight is 392 g/mol. The van der Waals surface area contributed by atoms with Gasteiger partial charge in [0.15, 0.2) is 0 Å². The Morgan fingerprint density at radius 3 is 2.61 bits per heavy atom. The van der Waals surface area contributed by atoms with Gasteiger partial charge in [-0.25, -0.2) is 9.97 Å². The molecule has 0 atom stereocenters. The predicted molar refractivity (Wildman–Crippen MR) is 111 cm³/mol. The van der Waals surface area contributed by atoms with Crippen molar-refractivity contribution in [2.24, 2.45) is 0 Å². The number of aromatic nitrogens is 3. The second-order valence-electron chi connectivity index (χ2n) is 6.27. The minimum absolute atomic E-state index is 0.205. The first-order valence-electron chi connectivity index (χ1n) is 8.87. The largest absolute Gasteiger partial charge is 0.361 e. The molecule has 0 saturated heterocycles. The third-order valence-corrected chi connectivity index (χ3v) is 4.72. The summed E-state index contributed by atoms with van der Waals surface area (Å²) in [5.41, 5.74) is 3.38. The number of nitrogens with one attached hydrogen (secondary N) is 3. The van der Waals surface area contributed by atoms with Gasteiger partial charge in [0, 0.05) is 36.0 Å². The minimum atomic E-state index is -0.205. The normalized spacial score (nSPS) is 10.8. The van der Waals surface area contributed by atoms with Crippen LogP contribution in [0.15, 0.2) is 67.1 Å². The van der Waals surface area contributed by atoms with E-state index in [1.807, 2.05) is 42.6 Å². The maximum atomic E-state index is 12.3. The SMILES string of the molecule is O=C(NCCc1c[nH]c2ccccc12)c1cnc(Nc2ccccc2Cl)nc1. The lowest BCUT2D eigenvalue weighted by atomic mass is 10.1. The molecule has 0 aliphatic carbocycles. The van der Waals surface area contributed by atoms with Crippen LogP contribution in [0.2, 0.25) is 5.02 Å². The fourth-order valence-electron chi connectivity index (χ4n) is 2.94. The summed E-state index contributed by atoms with van der Waals surface area (Å²) >= 11 is 6.11. The van der Waals surface area contributed by atoms with Gasteiger partial charge in [-0.1, -0.05) is 41.9 Å². The number of aromatic amines is 1. The number of anilines is 2. The molecule has 0 fully saturated rings. The Labute approximate surface area is 167 Å².